The van der Waals surface area contributed by atoms with E-state index >= 15 is 0 Å². The predicted octanol–water partition coefficient (Wildman–Crippen LogP) is 3.35. The highest BCUT2D eigenvalue weighted by Gasteiger charge is 2.35. The van der Waals surface area contributed by atoms with Gasteiger partial charge in [0.05, 0.1) is 21.8 Å². The lowest BCUT2D eigenvalue weighted by Crippen LogP contribution is -2.30. The zero-order valence-electron chi connectivity index (χ0n) is 12.6. The fourth-order valence-electron chi connectivity index (χ4n) is 2.19. The van der Waals surface area contributed by atoms with Crippen molar-refractivity contribution in [1.29, 1.82) is 0 Å². The predicted molar refractivity (Wildman–Crippen MR) is 86.4 cm³/mol. The van der Waals surface area contributed by atoms with Gasteiger partial charge in [-0.25, -0.2) is 4.79 Å². The van der Waals surface area contributed by atoms with Gasteiger partial charge in [-0.1, -0.05) is 23.2 Å². The van der Waals surface area contributed by atoms with E-state index in [2.05, 4.69) is 5.32 Å². The number of ether oxygens (including phenoxy) is 2. The molecule has 1 aromatic carbocycles. The number of carboxylic acid groups (broad SMARTS) is 1. The Balaban J connectivity index is 2.10. The van der Waals surface area contributed by atoms with E-state index in [4.69, 9.17) is 37.8 Å². The molecule has 2 atom stereocenters. The highest BCUT2D eigenvalue weighted by atomic mass is 35.5. The molecule has 1 aromatic rings. The summed E-state index contributed by atoms with van der Waals surface area (Å²) in [4.78, 5) is 23.0. The fraction of sp³-hybridized carbons (Fsp3) is 0.467. The molecule has 0 aromatic heterocycles. The van der Waals surface area contributed by atoms with Gasteiger partial charge in [0, 0.05) is 6.07 Å². The van der Waals surface area contributed by atoms with Crippen LogP contribution < -0.4 is 10.1 Å². The maximum absolute atomic E-state index is 12.2. The van der Waals surface area contributed by atoms with E-state index in [1.54, 1.807) is 0 Å². The third-order valence-electron chi connectivity index (χ3n) is 3.23. The standard InChI is InChI=1S/C15H17Cl2NO5/c1-7(2)22-13-6-10(8(16)5-9(13)17)18-14(19)11-3-4-12(23-11)15(20)21/h5-7,11-12H,3-4H2,1-2H3,(H,18,19)(H,20,21). The maximum atomic E-state index is 12.2. The number of carbonyl (C=O) groups excluding carboxylic acids is 1. The van der Waals surface area contributed by atoms with Gasteiger partial charge in [0.25, 0.3) is 5.91 Å². The van der Waals surface area contributed by atoms with Gasteiger partial charge in [0.1, 0.15) is 11.9 Å². The monoisotopic (exact) mass is 361 g/mol. The second-order valence-corrected chi connectivity index (χ2v) is 6.26. The summed E-state index contributed by atoms with van der Waals surface area (Å²) in [5, 5.41) is 12.1. The summed E-state index contributed by atoms with van der Waals surface area (Å²) in [6.45, 7) is 3.70. The number of benzene rings is 1. The number of amides is 1. The van der Waals surface area contributed by atoms with Gasteiger partial charge >= 0.3 is 5.97 Å². The van der Waals surface area contributed by atoms with Crippen molar-refractivity contribution in [2.45, 2.75) is 45.0 Å². The van der Waals surface area contributed by atoms with Gasteiger partial charge in [-0.2, -0.15) is 0 Å². The van der Waals surface area contributed by atoms with E-state index in [-0.39, 0.29) is 11.1 Å². The minimum absolute atomic E-state index is 0.0910. The number of halogens is 2. The second kappa shape index (κ2) is 7.38. The van der Waals surface area contributed by atoms with E-state index in [0.717, 1.165) is 0 Å². The number of carboxylic acids is 1. The minimum atomic E-state index is -1.07. The van der Waals surface area contributed by atoms with Crippen LogP contribution in [0.3, 0.4) is 0 Å². The van der Waals surface area contributed by atoms with Crippen LogP contribution in [0.15, 0.2) is 12.1 Å². The molecule has 1 saturated heterocycles. The first kappa shape index (κ1) is 17.8. The summed E-state index contributed by atoms with van der Waals surface area (Å²) in [5.74, 6) is -1.12. The highest BCUT2D eigenvalue weighted by Crippen LogP contribution is 2.35. The number of aliphatic carboxylic acids is 1. The molecule has 2 rings (SSSR count). The lowest BCUT2D eigenvalue weighted by atomic mass is 10.2. The molecule has 0 saturated carbocycles. The molecule has 2 unspecified atom stereocenters. The molecule has 0 spiro atoms. The summed E-state index contributed by atoms with van der Waals surface area (Å²) in [6, 6.07) is 3.01. The van der Waals surface area contributed by atoms with Crippen LogP contribution in [0.1, 0.15) is 26.7 Å². The summed E-state index contributed by atoms with van der Waals surface area (Å²) in [5.41, 5.74) is 0.332. The molecule has 23 heavy (non-hydrogen) atoms. The molecular formula is C15H17Cl2NO5. The van der Waals surface area contributed by atoms with Crippen molar-refractivity contribution in [1.82, 2.24) is 0 Å². The average molecular weight is 362 g/mol. The lowest BCUT2D eigenvalue weighted by Gasteiger charge is -2.16. The van der Waals surface area contributed by atoms with Crippen molar-refractivity contribution >= 4 is 40.8 Å². The van der Waals surface area contributed by atoms with E-state index in [9.17, 15) is 9.59 Å². The van der Waals surface area contributed by atoms with Crippen LogP contribution in [0.4, 0.5) is 5.69 Å². The molecule has 1 amide bonds. The topological polar surface area (TPSA) is 84.9 Å². The Hall–Kier alpha value is -1.50. The third-order valence-corrected chi connectivity index (χ3v) is 3.84. The number of rotatable bonds is 5. The van der Waals surface area contributed by atoms with Gasteiger partial charge in [0.15, 0.2) is 6.10 Å². The number of hydrogen-bond acceptors (Lipinski definition) is 4. The fourth-order valence-corrected chi connectivity index (χ4v) is 2.67. The van der Waals surface area contributed by atoms with Gasteiger partial charge in [-0.05, 0) is 32.8 Å². The Kier molecular flexibility index (Phi) is 5.73. The van der Waals surface area contributed by atoms with E-state index in [0.29, 0.717) is 29.3 Å². The van der Waals surface area contributed by atoms with Gasteiger partial charge in [-0.3, -0.25) is 4.79 Å². The second-order valence-electron chi connectivity index (χ2n) is 5.45. The average Bonchev–Trinajstić information content (AvgIpc) is 2.93. The molecule has 1 aliphatic heterocycles. The molecule has 1 heterocycles. The number of hydrogen-bond donors (Lipinski definition) is 2. The first-order chi connectivity index (χ1) is 10.8. The molecule has 8 heteroatoms. The normalized spacial score (nSPS) is 20.6. The molecule has 126 valence electrons. The van der Waals surface area contributed by atoms with Crippen LogP contribution in [0.2, 0.25) is 10.0 Å². The van der Waals surface area contributed by atoms with Crippen molar-refractivity contribution in [2.24, 2.45) is 0 Å². The Morgan fingerprint density at radius 3 is 2.48 bits per heavy atom. The van der Waals surface area contributed by atoms with Crippen LogP contribution in [0, 0.1) is 0 Å². The van der Waals surface area contributed by atoms with Crippen molar-refractivity contribution in [3.05, 3.63) is 22.2 Å². The summed E-state index contributed by atoms with van der Waals surface area (Å²) < 4.78 is 10.7. The molecule has 0 bridgehead atoms. The Bertz CT molecular complexity index is 620. The first-order valence-electron chi connectivity index (χ1n) is 7.12. The Morgan fingerprint density at radius 1 is 1.26 bits per heavy atom. The Labute approximate surface area is 143 Å². The van der Waals surface area contributed by atoms with E-state index in [1.165, 1.54) is 12.1 Å². The van der Waals surface area contributed by atoms with Crippen molar-refractivity contribution < 1.29 is 24.2 Å². The molecule has 0 aliphatic carbocycles. The van der Waals surface area contributed by atoms with Crippen molar-refractivity contribution in [3.63, 3.8) is 0 Å². The summed E-state index contributed by atoms with van der Waals surface area (Å²) >= 11 is 12.1. The Morgan fingerprint density at radius 2 is 1.91 bits per heavy atom. The van der Waals surface area contributed by atoms with Gasteiger partial charge in [-0.15, -0.1) is 0 Å². The molecule has 6 nitrogen and oxygen atoms in total. The van der Waals surface area contributed by atoms with Crippen LogP contribution in [0.5, 0.6) is 5.75 Å². The van der Waals surface area contributed by atoms with Crippen LogP contribution in [-0.2, 0) is 14.3 Å². The molecule has 1 aliphatic rings. The minimum Gasteiger partial charge on any atom is -0.489 e. The summed E-state index contributed by atoms with van der Waals surface area (Å²) in [6.07, 6.45) is -1.23. The van der Waals surface area contributed by atoms with Gasteiger partial charge < -0.3 is 19.9 Å². The molecule has 0 radical (unpaired) electrons. The van der Waals surface area contributed by atoms with Crippen molar-refractivity contribution in [2.75, 3.05) is 5.32 Å². The van der Waals surface area contributed by atoms with Crippen molar-refractivity contribution in [3.8, 4) is 5.75 Å². The number of anilines is 1. The van der Waals surface area contributed by atoms with Crippen LogP contribution in [0.25, 0.3) is 0 Å². The molecular weight excluding hydrogens is 345 g/mol. The summed E-state index contributed by atoms with van der Waals surface area (Å²) in [7, 11) is 0. The molecule has 2 N–H and O–H groups in total. The number of nitrogens with one attached hydrogen (secondary N) is 1. The highest BCUT2D eigenvalue weighted by molar-refractivity contribution is 6.37. The zero-order valence-corrected chi connectivity index (χ0v) is 14.1. The van der Waals surface area contributed by atoms with Crippen LogP contribution in [-0.4, -0.2) is 35.3 Å². The van der Waals surface area contributed by atoms with Gasteiger partial charge in [0.2, 0.25) is 0 Å². The number of carbonyl (C=O) groups is 2. The smallest absolute Gasteiger partial charge is 0.332 e. The molecule has 1 fully saturated rings. The largest absolute Gasteiger partial charge is 0.489 e. The first-order valence-corrected chi connectivity index (χ1v) is 7.88. The zero-order chi connectivity index (χ0) is 17.1. The maximum Gasteiger partial charge on any atom is 0.332 e. The van der Waals surface area contributed by atoms with Crippen LogP contribution >= 0.6 is 23.2 Å². The van der Waals surface area contributed by atoms with E-state index in [1.807, 2.05) is 13.8 Å². The van der Waals surface area contributed by atoms with E-state index < -0.39 is 24.1 Å². The lowest BCUT2D eigenvalue weighted by molar-refractivity contribution is -0.150. The SMILES string of the molecule is CC(C)Oc1cc(NC(=O)C2CCC(C(=O)O)O2)c(Cl)cc1Cl. The quantitative estimate of drug-likeness (QED) is 0.839. The third kappa shape index (κ3) is 4.50.